The van der Waals surface area contributed by atoms with E-state index in [4.69, 9.17) is 4.74 Å². The first-order valence-electron chi connectivity index (χ1n) is 7.16. The molecule has 0 radical (unpaired) electrons. The van der Waals surface area contributed by atoms with Gasteiger partial charge in [0, 0.05) is 0 Å². The molecule has 2 aliphatic heterocycles. The van der Waals surface area contributed by atoms with Crippen LogP contribution in [0.1, 0.15) is 37.7 Å². The Bertz CT molecular complexity index is 636. The van der Waals surface area contributed by atoms with Crippen molar-refractivity contribution >= 4 is 9.84 Å². The molecule has 0 amide bonds. The van der Waals surface area contributed by atoms with Crippen LogP contribution in [0.15, 0.2) is 18.2 Å². The Labute approximate surface area is 123 Å². The van der Waals surface area contributed by atoms with Crippen molar-refractivity contribution in [1.29, 1.82) is 0 Å². The molecule has 2 saturated heterocycles. The number of halogens is 1. The molecule has 1 aromatic rings. The third-order valence-electron chi connectivity index (χ3n) is 4.80. The monoisotopic (exact) mass is 314 g/mol. The molecule has 2 fully saturated rings. The number of fused-ring (bicyclic) bond motifs is 2. The Morgan fingerprint density at radius 2 is 1.90 bits per heavy atom. The van der Waals surface area contributed by atoms with Gasteiger partial charge < -0.3 is 9.84 Å². The van der Waals surface area contributed by atoms with Crippen LogP contribution in [-0.2, 0) is 15.4 Å². The lowest BCUT2D eigenvalue weighted by molar-refractivity contribution is 0.00477. The van der Waals surface area contributed by atoms with Gasteiger partial charge in [0.2, 0.25) is 0 Å². The Balaban J connectivity index is 1.99. The van der Waals surface area contributed by atoms with E-state index in [1.807, 2.05) is 0 Å². The standard InChI is InChI=1S/C15H19FO4S/c1-20-14-7-10(5-6-13(14)16)15(17)8-11-3-2-4-12(9-15)21(11,18)19/h5-7,11-12,17H,2-4,8-9H2,1H3. The predicted octanol–water partition coefficient (Wildman–Crippen LogP) is 2.15. The summed E-state index contributed by atoms with van der Waals surface area (Å²) >= 11 is 0. The zero-order chi connectivity index (χ0) is 15.3. The first kappa shape index (κ1) is 14.8. The molecule has 1 N–H and O–H groups in total. The number of sulfone groups is 1. The maximum Gasteiger partial charge on any atom is 0.165 e. The van der Waals surface area contributed by atoms with E-state index < -0.39 is 31.8 Å². The Kier molecular flexibility index (Phi) is 3.48. The minimum Gasteiger partial charge on any atom is -0.494 e. The van der Waals surface area contributed by atoms with E-state index >= 15 is 0 Å². The largest absolute Gasteiger partial charge is 0.494 e. The van der Waals surface area contributed by atoms with Gasteiger partial charge in [-0.15, -0.1) is 0 Å². The summed E-state index contributed by atoms with van der Waals surface area (Å²) < 4.78 is 43.1. The number of hydrogen-bond donors (Lipinski definition) is 1. The number of methoxy groups -OCH3 is 1. The summed E-state index contributed by atoms with van der Waals surface area (Å²) in [6.07, 6.45) is 2.44. The Morgan fingerprint density at radius 3 is 2.48 bits per heavy atom. The molecular formula is C15H19FO4S. The van der Waals surface area contributed by atoms with Crippen molar-refractivity contribution in [2.75, 3.05) is 7.11 Å². The highest BCUT2D eigenvalue weighted by atomic mass is 32.2. The molecule has 2 atom stereocenters. The van der Waals surface area contributed by atoms with Gasteiger partial charge in [0.25, 0.3) is 0 Å². The van der Waals surface area contributed by atoms with E-state index in [0.717, 1.165) is 6.42 Å². The summed E-state index contributed by atoms with van der Waals surface area (Å²) in [4.78, 5) is 0. The van der Waals surface area contributed by atoms with Gasteiger partial charge in [-0.3, -0.25) is 0 Å². The zero-order valence-electron chi connectivity index (χ0n) is 11.9. The topological polar surface area (TPSA) is 63.6 Å². The molecule has 2 heterocycles. The predicted molar refractivity (Wildman–Crippen MR) is 76.4 cm³/mol. The van der Waals surface area contributed by atoms with Crippen molar-refractivity contribution in [3.8, 4) is 5.75 Å². The maximum absolute atomic E-state index is 13.5. The van der Waals surface area contributed by atoms with Gasteiger partial charge in [-0.25, -0.2) is 12.8 Å². The lowest BCUT2D eigenvalue weighted by atomic mass is 9.80. The lowest BCUT2D eigenvalue weighted by Crippen LogP contribution is -2.50. The van der Waals surface area contributed by atoms with Crippen molar-refractivity contribution in [3.63, 3.8) is 0 Å². The van der Waals surface area contributed by atoms with Crippen LogP contribution < -0.4 is 4.74 Å². The minimum atomic E-state index is -3.13. The summed E-state index contributed by atoms with van der Waals surface area (Å²) in [5.41, 5.74) is -0.685. The van der Waals surface area contributed by atoms with Crippen LogP contribution in [0, 0.1) is 5.82 Å². The van der Waals surface area contributed by atoms with Crippen molar-refractivity contribution in [1.82, 2.24) is 0 Å². The Hall–Kier alpha value is -1.14. The van der Waals surface area contributed by atoms with Gasteiger partial charge in [0.05, 0.1) is 23.2 Å². The molecule has 0 saturated carbocycles. The normalized spacial score (nSPS) is 34.4. The highest BCUT2D eigenvalue weighted by molar-refractivity contribution is 7.92. The van der Waals surface area contributed by atoms with Crippen LogP contribution in [0.2, 0.25) is 0 Å². The van der Waals surface area contributed by atoms with E-state index in [1.54, 1.807) is 0 Å². The second kappa shape index (κ2) is 4.95. The summed E-state index contributed by atoms with van der Waals surface area (Å²) in [6, 6.07) is 4.25. The summed E-state index contributed by atoms with van der Waals surface area (Å²) in [5, 5.41) is 9.96. The molecular weight excluding hydrogens is 295 g/mol. The quantitative estimate of drug-likeness (QED) is 0.908. The van der Waals surface area contributed by atoms with Gasteiger partial charge in [0.15, 0.2) is 21.4 Å². The molecule has 2 unspecified atom stereocenters. The minimum absolute atomic E-state index is 0.0690. The third-order valence-corrected chi connectivity index (χ3v) is 7.46. The van der Waals surface area contributed by atoms with E-state index in [0.29, 0.717) is 18.4 Å². The second-order valence-corrected chi connectivity index (χ2v) is 8.56. The fraction of sp³-hybridized carbons (Fsp3) is 0.600. The fourth-order valence-corrected chi connectivity index (χ4v) is 6.18. The molecule has 116 valence electrons. The summed E-state index contributed by atoms with van der Waals surface area (Å²) in [6.45, 7) is 0. The van der Waals surface area contributed by atoms with Crippen LogP contribution in [0.25, 0.3) is 0 Å². The van der Waals surface area contributed by atoms with Crippen molar-refractivity contribution in [2.24, 2.45) is 0 Å². The zero-order valence-corrected chi connectivity index (χ0v) is 12.7. The number of hydrogen-bond acceptors (Lipinski definition) is 4. The molecule has 21 heavy (non-hydrogen) atoms. The van der Waals surface area contributed by atoms with Crippen LogP contribution in [0.5, 0.6) is 5.75 Å². The van der Waals surface area contributed by atoms with Crippen molar-refractivity contribution in [3.05, 3.63) is 29.6 Å². The molecule has 0 spiro atoms. The van der Waals surface area contributed by atoms with E-state index in [9.17, 15) is 17.9 Å². The fourth-order valence-electron chi connectivity index (χ4n) is 3.63. The molecule has 4 nitrogen and oxygen atoms in total. The SMILES string of the molecule is COc1cc(C2(O)CC3CCCC(C2)S3(=O)=O)ccc1F. The van der Waals surface area contributed by atoms with Gasteiger partial charge in [-0.05, 0) is 43.4 Å². The molecule has 3 rings (SSSR count). The van der Waals surface area contributed by atoms with Crippen molar-refractivity contribution < 1.29 is 22.7 Å². The van der Waals surface area contributed by atoms with Crippen LogP contribution in [0.4, 0.5) is 4.39 Å². The van der Waals surface area contributed by atoms with Crippen LogP contribution in [0.3, 0.4) is 0 Å². The smallest absolute Gasteiger partial charge is 0.165 e. The van der Waals surface area contributed by atoms with E-state index in [-0.39, 0.29) is 18.6 Å². The van der Waals surface area contributed by atoms with Crippen LogP contribution in [-0.4, -0.2) is 31.1 Å². The van der Waals surface area contributed by atoms with Gasteiger partial charge in [0.1, 0.15) is 0 Å². The molecule has 6 heteroatoms. The van der Waals surface area contributed by atoms with E-state index in [1.165, 1.54) is 25.3 Å². The summed E-state index contributed by atoms with van der Waals surface area (Å²) in [7, 11) is -1.77. The van der Waals surface area contributed by atoms with Crippen molar-refractivity contribution in [2.45, 2.75) is 48.2 Å². The number of ether oxygens (including phenoxy) is 1. The Morgan fingerprint density at radius 1 is 1.29 bits per heavy atom. The van der Waals surface area contributed by atoms with Gasteiger partial charge >= 0.3 is 0 Å². The third kappa shape index (κ3) is 2.34. The average molecular weight is 314 g/mol. The number of benzene rings is 1. The first-order valence-corrected chi connectivity index (χ1v) is 8.77. The summed E-state index contributed by atoms with van der Waals surface area (Å²) in [5.74, 6) is -0.423. The molecule has 2 aliphatic rings. The average Bonchev–Trinajstić information content (AvgIpc) is 2.41. The highest BCUT2D eigenvalue weighted by Gasteiger charge is 2.51. The number of aliphatic hydroxyl groups is 1. The molecule has 0 aliphatic carbocycles. The maximum atomic E-state index is 13.5. The molecule has 2 bridgehead atoms. The first-order chi connectivity index (χ1) is 9.87. The van der Waals surface area contributed by atoms with Gasteiger partial charge in [-0.1, -0.05) is 12.5 Å². The molecule has 0 aromatic heterocycles. The lowest BCUT2D eigenvalue weighted by Gasteiger charge is -2.44. The van der Waals surface area contributed by atoms with E-state index in [2.05, 4.69) is 0 Å². The number of rotatable bonds is 2. The highest BCUT2D eigenvalue weighted by Crippen LogP contribution is 2.46. The second-order valence-electron chi connectivity index (χ2n) is 6.05. The molecule has 1 aromatic carbocycles. The van der Waals surface area contributed by atoms with Crippen LogP contribution >= 0.6 is 0 Å². The van der Waals surface area contributed by atoms with Gasteiger partial charge in [-0.2, -0.15) is 0 Å².